The van der Waals surface area contributed by atoms with Crippen LogP contribution in [-0.2, 0) is 14.8 Å². The topological polar surface area (TPSA) is 75.7 Å². The van der Waals surface area contributed by atoms with Crippen LogP contribution < -0.4 is 10.1 Å². The maximum atomic E-state index is 12.7. The van der Waals surface area contributed by atoms with E-state index in [2.05, 4.69) is 10.1 Å². The highest BCUT2D eigenvalue weighted by Crippen LogP contribution is 2.23. The molecule has 1 aliphatic rings. The van der Waals surface area contributed by atoms with E-state index in [0.717, 1.165) is 29.6 Å². The molecule has 1 saturated heterocycles. The summed E-state index contributed by atoms with van der Waals surface area (Å²) in [6.45, 7) is -2.61. The molecule has 0 aromatic heterocycles. The monoisotopic (exact) mass is 362 g/mol. The number of ether oxygens (including phenoxy) is 1. The Hall–Kier alpha value is -1.74. The van der Waals surface area contributed by atoms with Gasteiger partial charge in [-0.05, 0) is 25.0 Å². The van der Waals surface area contributed by atoms with Crippen molar-refractivity contribution < 1.29 is 26.7 Å². The van der Waals surface area contributed by atoms with E-state index < -0.39 is 16.6 Å². The summed E-state index contributed by atoms with van der Waals surface area (Å²) >= 11 is 0. The molecule has 0 radical (unpaired) electrons. The molecule has 6 nitrogen and oxygen atoms in total. The number of halogens is 2. The fraction of sp³-hybridized carbons (Fsp3) is 0.533. The number of amides is 1. The molecule has 1 aromatic rings. The van der Waals surface area contributed by atoms with Gasteiger partial charge in [-0.2, -0.15) is 13.1 Å². The van der Waals surface area contributed by atoms with Crippen molar-refractivity contribution in [1.82, 2.24) is 9.62 Å². The summed E-state index contributed by atoms with van der Waals surface area (Å²) in [5, 5.41) is 2.67. The van der Waals surface area contributed by atoms with Gasteiger partial charge >= 0.3 is 6.61 Å². The van der Waals surface area contributed by atoms with Crippen LogP contribution in [0.4, 0.5) is 8.78 Å². The van der Waals surface area contributed by atoms with E-state index in [9.17, 15) is 22.0 Å². The number of nitrogens with one attached hydrogen (secondary N) is 1. The zero-order valence-corrected chi connectivity index (χ0v) is 13.9. The fourth-order valence-corrected chi connectivity index (χ4v) is 3.93. The van der Waals surface area contributed by atoms with Crippen molar-refractivity contribution in [2.75, 3.05) is 19.6 Å². The number of carbonyl (C=O) groups excluding carboxylic acids is 1. The lowest BCUT2D eigenvalue weighted by atomic mass is 10.2. The predicted molar refractivity (Wildman–Crippen MR) is 83.3 cm³/mol. The van der Waals surface area contributed by atoms with E-state index in [1.54, 1.807) is 0 Å². The van der Waals surface area contributed by atoms with Crippen molar-refractivity contribution in [3.63, 3.8) is 0 Å². The highest BCUT2D eigenvalue weighted by Gasteiger charge is 2.27. The maximum absolute atomic E-state index is 12.7. The predicted octanol–water partition coefficient (Wildman–Crippen LogP) is 1.97. The molecule has 0 unspecified atom stereocenters. The second-order valence-electron chi connectivity index (χ2n) is 5.46. The van der Waals surface area contributed by atoms with Crippen LogP contribution in [0, 0.1) is 0 Å². The first-order valence-corrected chi connectivity index (χ1v) is 9.15. The van der Waals surface area contributed by atoms with Gasteiger partial charge in [0.15, 0.2) is 0 Å². The van der Waals surface area contributed by atoms with E-state index in [4.69, 9.17) is 0 Å². The molecule has 1 fully saturated rings. The summed E-state index contributed by atoms with van der Waals surface area (Å²) < 4.78 is 55.4. The van der Waals surface area contributed by atoms with Crippen LogP contribution in [0.2, 0.25) is 0 Å². The highest BCUT2D eigenvalue weighted by atomic mass is 32.2. The molecular formula is C15H20F2N2O4S. The quantitative estimate of drug-likeness (QED) is 0.889. The Morgan fingerprint density at radius 1 is 1.17 bits per heavy atom. The minimum absolute atomic E-state index is 0.175. The van der Waals surface area contributed by atoms with Gasteiger partial charge in [-0.25, -0.2) is 8.42 Å². The fourth-order valence-electron chi connectivity index (χ4n) is 2.45. The summed E-state index contributed by atoms with van der Waals surface area (Å²) in [7, 11) is -3.97. The number of nitrogens with zero attached hydrogens (tertiary/aromatic N) is 1. The molecule has 0 aliphatic carbocycles. The highest BCUT2D eigenvalue weighted by molar-refractivity contribution is 7.89. The summed E-state index contributed by atoms with van der Waals surface area (Å²) in [5.74, 6) is -0.614. The molecule has 1 N–H and O–H groups in total. The Morgan fingerprint density at radius 2 is 1.92 bits per heavy atom. The molecule has 134 valence electrons. The minimum atomic E-state index is -3.97. The van der Waals surface area contributed by atoms with Crippen LogP contribution in [0.5, 0.6) is 5.75 Å². The largest absolute Gasteiger partial charge is 0.435 e. The van der Waals surface area contributed by atoms with Gasteiger partial charge in [0.25, 0.3) is 0 Å². The smallest absolute Gasteiger partial charge is 0.387 e. The van der Waals surface area contributed by atoms with E-state index in [1.165, 1.54) is 18.2 Å². The number of alkyl halides is 2. The lowest BCUT2D eigenvalue weighted by molar-refractivity contribution is -0.121. The Morgan fingerprint density at radius 3 is 2.67 bits per heavy atom. The molecule has 1 amide bonds. The molecule has 0 spiro atoms. The summed E-state index contributed by atoms with van der Waals surface area (Å²) in [6.07, 6.45) is 3.27. The molecule has 2 rings (SSSR count). The molecule has 1 aromatic carbocycles. The van der Waals surface area contributed by atoms with Gasteiger partial charge < -0.3 is 10.1 Å². The van der Waals surface area contributed by atoms with Gasteiger partial charge in [-0.3, -0.25) is 4.79 Å². The number of hydrogen-bond acceptors (Lipinski definition) is 4. The van der Waals surface area contributed by atoms with E-state index in [0.29, 0.717) is 13.0 Å². The van der Waals surface area contributed by atoms with Crippen LogP contribution in [0.25, 0.3) is 0 Å². The van der Waals surface area contributed by atoms with Crippen molar-refractivity contribution in [2.24, 2.45) is 0 Å². The van der Waals surface area contributed by atoms with Gasteiger partial charge in [0.2, 0.25) is 15.9 Å². The lowest BCUT2D eigenvalue weighted by Gasteiger charge is -2.23. The van der Waals surface area contributed by atoms with E-state index in [1.807, 2.05) is 0 Å². The van der Waals surface area contributed by atoms with Crippen LogP contribution in [0.15, 0.2) is 29.2 Å². The normalized spacial score (nSPS) is 18.2. The first-order chi connectivity index (χ1) is 11.4. The van der Waals surface area contributed by atoms with Crippen molar-refractivity contribution in [2.45, 2.75) is 37.2 Å². The molecule has 1 heterocycles. The van der Waals surface area contributed by atoms with Gasteiger partial charge in [-0.15, -0.1) is 0 Å². The van der Waals surface area contributed by atoms with Crippen LogP contribution in [-0.4, -0.2) is 44.9 Å². The number of rotatable bonds is 4. The zero-order valence-electron chi connectivity index (χ0n) is 13.1. The molecule has 9 heteroatoms. The second kappa shape index (κ2) is 8.39. The average Bonchev–Trinajstić information content (AvgIpc) is 2.52. The Bertz CT molecular complexity index is 667. The van der Waals surface area contributed by atoms with E-state index in [-0.39, 0.29) is 29.6 Å². The van der Waals surface area contributed by atoms with Crippen LogP contribution >= 0.6 is 0 Å². The third-order valence-electron chi connectivity index (χ3n) is 3.64. The molecule has 0 saturated carbocycles. The summed E-state index contributed by atoms with van der Waals surface area (Å²) in [6, 6.07) is 4.91. The second-order valence-corrected chi connectivity index (χ2v) is 7.39. The number of sulfonamides is 1. The standard InChI is InChI=1S/C15H20F2N2O4S/c16-15(17)23-12-6-5-7-13(10-12)24(21,22)19-9-4-2-1-3-8-18-14(20)11-19/h5-7,10,15H,1-4,8-9,11H2,(H,18,20). The SMILES string of the molecule is O=C1CN(S(=O)(=O)c2cccc(OC(F)F)c2)CCCCCCN1. The molecular weight excluding hydrogens is 342 g/mol. The first-order valence-electron chi connectivity index (χ1n) is 7.71. The minimum Gasteiger partial charge on any atom is -0.435 e. The number of benzene rings is 1. The first kappa shape index (κ1) is 18.6. The zero-order chi connectivity index (χ0) is 17.6. The van der Waals surface area contributed by atoms with Gasteiger partial charge in [0.05, 0.1) is 11.4 Å². The Balaban J connectivity index is 2.23. The Labute approximate surface area is 139 Å². The average molecular weight is 362 g/mol. The third-order valence-corrected chi connectivity index (χ3v) is 5.49. The van der Waals surface area contributed by atoms with Crippen molar-refractivity contribution in [3.8, 4) is 5.75 Å². The van der Waals surface area contributed by atoms with Crippen molar-refractivity contribution in [3.05, 3.63) is 24.3 Å². The molecule has 1 aliphatic heterocycles. The van der Waals surface area contributed by atoms with Gasteiger partial charge in [-0.1, -0.05) is 18.9 Å². The van der Waals surface area contributed by atoms with E-state index >= 15 is 0 Å². The van der Waals surface area contributed by atoms with Gasteiger partial charge in [0.1, 0.15) is 5.75 Å². The summed E-state index contributed by atoms with van der Waals surface area (Å²) in [5.41, 5.74) is 0. The van der Waals surface area contributed by atoms with Crippen molar-refractivity contribution >= 4 is 15.9 Å². The number of hydrogen-bond donors (Lipinski definition) is 1. The van der Waals surface area contributed by atoms with Gasteiger partial charge in [0, 0.05) is 19.2 Å². The lowest BCUT2D eigenvalue weighted by Crippen LogP contribution is -2.42. The molecule has 0 bridgehead atoms. The van der Waals surface area contributed by atoms with Crippen LogP contribution in [0.1, 0.15) is 25.7 Å². The third kappa shape index (κ3) is 5.13. The number of carbonyl (C=O) groups is 1. The van der Waals surface area contributed by atoms with Crippen LogP contribution in [0.3, 0.4) is 0 Å². The maximum Gasteiger partial charge on any atom is 0.387 e. The van der Waals surface area contributed by atoms with Crippen molar-refractivity contribution in [1.29, 1.82) is 0 Å². The summed E-state index contributed by atoms with van der Waals surface area (Å²) in [4.78, 5) is 11.7. The molecule has 24 heavy (non-hydrogen) atoms. The molecule has 0 atom stereocenters. The Kier molecular flexibility index (Phi) is 6.50.